The molecule has 8 heteroatoms. The highest BCUT2D eigenvalue weighted by molar-refractivity contribution is 5.89. The lowest BCUT2D eigenvalue weighted by Gasteiger charge is -2.22. The molecule has 0 aliphatic carbocycles. The standard InChI is InChI=1S/C14H15NO7/c16-6-14(20)12(18)10(17)11(22-14)13(19)21-9-5-15-8-4-2-1-3-7(8)9/h1-5,10-12,15-18,20H,6H2/t10-,11+,12-,14-/m1/s1. The van der Waals surface area contributed by atoms with E-state index >= 15 is 0 Å². The van der Waals surface area contributed by atoms with Gasteiger partial charge in [0.1, 0.15) is 12.2 Å². The molecule has 2 aromatic rings. The minimum atomic E-state index is -2.40. The molecule has 0 unspecified atom stereocenters. The first kappa shape index (κ1) is 14.9. The minimum absolute atomic E-state index is 0.227. The number of hydrogen-bond acceptors (Lipinski definition) is 7. The van der Waals surface area contributed by atoms with Crippen LogP contribution in [0.2, 0.25) is 0 Å². The van der Waals surface area contributed by atoms with Crippen LogP contribution in [-0.4, -0.2) is 62.1 Å². The fourth-order valence-corrected chi connectivity index (χ4v) is 2.41. The van der Waals surface area contributed by atoms with Crippen LogP contribution in [0, 0.1) is 0 Å². The number of para-hydroxylation sites is 1. The molecule has 1 aromatic carbocycles. The SMILES string of the molecule is O=C(Oc1c[nH]c2ccccc12)[C@H]1O[C@](O)(CO)[C@H](O)[C@@H]1O. The number of aromatic nitrogens is 1. The number of fused-ring (bicyclic) bond motifs is 1. The maximum Gasteiger partial charge on any atom is 0.343 e. The number of rotatable bonds is 3. The molecule has 22 heavy (non-hydrogen) atoms. The molecular weight excluding hydrogens is 294 g/mol. The van der Waals surface area contributed by atoms with Crippen LogP contribution in [0.3, 0.4) is 0 Å². The highest BCUT2D eigenvalue weighted by Gasteiger charge is 2.56. The summed E-state index contributed by atoms with van der Waals surface area (Å²) in [6.45, 7) is -0.970. The van der Waals surface area contributed by atoms with Gasteiger partial charge in [-0.2, -0.15) is 0 Å². The summed E-state index contributed by atoms with van der Waals surface area (Å²) >= 11 is 0. The van der Waals surface area contributed by atoms with Crippen LogP contribution in [0.25, 0.3) is 10.9 Å². The van der Waals surface area contributed by atoms with E-state index in [0.29, 0.717) is 5.39 Å². The molecule has 118 valence electrons. The van der Waals surface area contributed by atoms with Crippen LogP contribution in [0.4, 0.5) is 0 Å². The predicted octanol–water partition coefficient (Wildman–Crippen LogP) is -1.13. The van der Waals surface area contributed by atoms with Crippen LogP contribution in [0.5, 0.6) is 5.75 Å². The van der Waals surface area contributed by atoms with Gasteiger partial charge in [0.15, 0.2) is 11.9 Å². The lowest BCUT2D eigenvalue weighted by molar-refractivity contribution is -0.246. The number of H-pyrrole nitrogens is 1. The van der Waals surface area contributed by atoms with Crippen LogP contribution >= 0.6 is 0 Å². The Labute approximate surface area is 124 Å². The highest BCUT2D eigenvalue weighted by Crippen LogP contribution is 2.31. The second-order valence-corrected chi connectivity index (χ2v) is 5.10. The number of benzene rings is 1. The Balaban J connectivity index is 1.80. The van der Waals surface area contributed by atoms with Crippen molar-refractivity contribution < 1.29 is 34.7 Å². The zero-order chi connectivity index (χ0) is 15.9. The normalized spacial score (nSPS) is 31.5. The molecule has 3 rings (SSSR count). The topological polar surface area (TPSA) is 132 Å². The fourth-order valence-electron chi connectivity index (χ4n) is 2.41. The number of carbonyl (C=O) groups is 1. The summed E-state index contributed by atoms with van der Waals surface area (Å²) in [4.78, 5) is 15.0. The molecule has 1 fully saturated rings. The van der Waals surface area contributed by atoms with Gasteiger partial charge in [-0.05, 0) is 12.1 Å². The van der Waals surface area contributed by atoms with Gasteiger partial charge in [0.05, 0.1) is 6.61 Å². The summed E-state index contributed by atoms with van der Waals surface area (Å²) in [6, 6.07) is 7.11. The van der Waals surface area contributed by atoms with Crippen molar-refractivity contribution in [3.63, 3.8) is 0 Å². The van der Waals surface area contributed by atoms with Gasteiger partial charge in [-0.3, -0.25) is 0 Å². The van der Waals surface area contributed by atoms with Crippen LogP contribution in [-0.2, 0) is 9.53 Å². The van der Waals surface area contributed by atoms with Crippen molar-refractivity contribution in [1.82, 2.24) is 4.98 Å². The monoisotopic (exact) mass is 309 g/mol. The summed E-state index contributed by atoms with van der Waals surface area (Å²) in [5, 5.41) is 38.8. The fraction of sp³-hybridized carbons (Fsp3) is 0.357. The summed E-state index contributed by atoms with van der Waals surface area (Å²) in [5.41, 5.74) is 0.755. The average molecular weight is 309 g/mol. The van der Waals surface area contributed by atoms with E-state index in [2.05, 4.69) is 4.98 Å². The van der Waals surface area contributed by atoms with Crippen molar-refractivity contribution in [3.8, 4) is 5.75 Å². The van der Waals surface area contributed by atoms with E-state index < -0.39 is 36.7 Å². The number of nitrogens with one attached hydrogen (secondary N) is 1. The van der Waals surface area contributed by atoms with Crippen molar-refractivity contribution in [2.24, 2.45) is 0 Å². The molecule has 0 radical (unpaired) electrons. The first-order valence-electron chi connectivity index (χ1n) is 6.61. The van der Waals surface area contributed by atoms with Crippen molar-refractivity contribution in [2.75, 3.05) is 6.61 Å². The second kappa shape index (κ2) is 5.34. The van der Waals surface area contributed by atoms with Crippen LogP contribution in [0.15, 0.2) is 30.5 Å². The Morgan fingerprint density at radius 2 is 2.09 bits per heavy atom. The first-order chi connectivity index (χ1) is 10.5. The number of hydrogen-bond donors (Lipinski definition) is 5. The number of aliphatic hydroxyl groups excluding tert-OH is 3. The maximum absolute atomic E-state index is 12.1. The second-order valence-electron chi connectivity index (χ2n) is 5.10. The molecule has 5 N–H and O–H groups in total. The Morgan fingerprint density at radius 3 is 2.77 bits per heavy atom. The van der Waals surface area contributed by atoms with E-state index in [-0.39, 0.29) is 5.75 Å². The molecule has 0 amide bonds. The first-order valence-corrected chi connectivity index (χ1v) is 6.61. The van der Waals surface area contributed by atoms with E-state index in [4.69, 9.17) is 14.6 Å². The molecule has 1 aromatic heterocycles. The van der Waals surface area contributed by atoms with E-state index in [9.17, 15) is 20.1 Å². The Bertz CT molecular complexity index is 699. The lowest BCUT2D eigenvalue weighted by Crippen LogP contribution is -2.46. The quantitative estimate of drug-likeness (QED) is 0.453. The molecule has 8 nitrogen and oxygen atoms in total. The Kier molecular flexibility index (Phi) is 3.63. The molecule has 2 heterocycles. The van der Waals surface area contributed by atoms with Gasteiger partial charge in [-0.1, -0.05) is 12.1 Å². The summed E-state index contributed by atoms with van der Waals surface area (Å²) in [6.07, 6.45) is -3.67. The zero-order valence-electron chi connectivity index (χ0n) is 11.3. The van der Waals surface area contributed by atoms with E-state index in [1.807, 2.05) is 6.07 Å². The maximum atomic E-state index is 12.1. The van der Waals surface area contributed by atoms with Gasteiger partial charge >= 0.3 is 5.97 Å². The highest BCUT2D eigenvalue weighted by atomic mass is 16.7. The molecule has 4 atom stereocenters. The third kappa shape index (κ3) is 2.27. The molecule has 0 bridgehead atoms. The van der Waals surface area contributed by atoms with Crippen molar-refractivity contribution >= 4 is 16.9 Å². The zero-order valence-corrected chi connectivity index (χ0v) is 11.3. The number of ether oxygens (including phenoxy) is 2. The van der Waals surface area contributed by atoms with Gasteiger partial charge in [-0.25, -0.2) is 4.79 Å². The number of carbonyl (C=O) groups excluding carboxylic acids is 1. The molecular formula is C14H15NO7. The summed E-state index contributed by atoms with van der Waals surface area (Å²) in [5.74, 6) is -3.16. The largest absolute Gasteiger partial charge is 0.422 e. The molecule has 1 saturated heterocycles. The average Bonchev–Trinajstić information content (AvgIpc) is 3.03. The molecule has 1 aliphatic rings. The number of aromatic amines is 1. The lowest BCUT2D eigenvalue weighted by atomic mass is 10.1. The molecule has 0 saturated carbocycles. The third-order valence-electron chi connectivity index (χ3n) is 3.65. The van der Waals surface area contributed by atoms with Crippen LogP contribution < -0.4 is 4.74 Å². The smallest absolute Gasteiger partial charge is 0.343 e. The van der Waals surface area contributed by atoms with E-state index in [1.165, 1.54) is 6.20 Å². The molecule has 1 aliphatic heterocycles. The van der Waals surface area contributed by atoms with Crippen LogP contribution in [0.1, 0.15) is 0 Å². The van der Waals surface area contributed by atoms with Gasteiger partial charge in [-0.15, -0.1) is 0 Å². The predicted molar refractivity (Wildman–Crippen MR) is 72.9 cm³/mol. The van der Waals surface area contributed by atoms with E-state index in [1.54, 1.807) is 18.2 Å². The molecule has 0 spiro atoms. The Hall–Kier alpha value is -1.97. The third-order valence-corrected chi connectivity index (χ3v) is 3.65. The summed E-state index contributed by atoms with van der Waals surface area (Å²) in [7, 11) is 0. The van der Waals surface area contributed by atoms with Gasteiger partial charge < -0.3 is 34.9 Å². The van der Waals surface area contributed by atoms with Crippen molar-refractivity contribution in [3.05, 3.63) is 30.5 Å². The minimum Gasteiger partial charge on any atom is -0.422 e. The number of aliphatic hydroxyl groups is 4. The van der Waals surface area contributed by atoms with Crippen molar-refractivity contribution in [1.29, 1.82) is 0 Å². The van der Waals surface area contributed by atoms with Gasteiger partial charge in [0, 0.05) is 17.1 Å². The summed E-state index contributed by atoms with van der Waals surface area (Å²) < 4.78 is 10.0. The van der Waals surface area contributed by atoms with Crippen molar-refractivity contribution in [2.45, 2.75) is 24.1 Å². The number of esters is 1. The van der Waals surface area contributed by atoms with Gasteiger partial charge in [0.25, 0.3) is 0 Å². The van der Waals surface area contributed by atoms with E-state index in [0.717, 1.165) is 5.52 Å². The Morgan fingerprint density at radius 1 is 1.36 bits per heavy atom. The van der Waals surface area contributed by atoms with Gasteiger partial charge in [0.2, 0.25) is 5.79 Å².